The van der Waals surface area contributed by atoms with Gasteiger partial charge in [0.25, 0.3) is 0 Å². The van der Waals surface area contributed by atoms with Crippen LogP contribution in [0.1, 0.15) is 179 Å². The van der Waals surface area contributed by atoms with Crippen molar-refractivity contribution in [2.45, 2.75) is 216 Å². The number of Topliss-reactive ketones (excluding diaryl/α,β-unsaturated/α-hetero) is 6. The van der Waals surface area contributed by atoms with Crippen molar-refractivity contribution >= 4 is 215 Å². The van der Waals surface area contributed by atoms with E-state index in [9.17, 15) is 52.7 Å². The molecule has 2 rings (SSSR count). The number of alkyl carbamates (subject to hydrolysis) is 1. The Morgan fingerprint density at radius 2 is 0.944 bits per heavy atom. The molecule has 0 aliphatic heterocycles. The molecule has 7 N–H and O–H groups in total. The Hall–Kier alpha value is -1.00. The molecule has 0 fully saturated rings. The fraction of sp³-hybridized carbons (Fsp3) is 0.643. The van der Waals surface area contributed by atoms with Gasteiger partial charge < -0.3 is 65.5 Å². The van der Waals surface area contributed by atoms with Crippen molar-refractivity contribution in [3.8, 4) is 0 Å². The second-order valence-electron chi connectivity index (χ2n) is 20.6. The minimum absolute atomic E-state index is 0. The summed E-state index contributed by atoms with van der Waals surface area (Å²) in [6.45, 7) is 20.0. The molecule has 22 nitrogen and oxygen atoms in total. The minimum atomic E-state index is -0.949. The van der Waals surface area contributed by atoms with Crippen molar-refractivity contribution in [3.05, 3.63) is 54.6 Å². The summed E-state index contributed by atoms with van der Waals surface area (Å²) in [5, 5.41) is 12.9. The molecule has 519 valence electrons. The smallest absolute Gasteiger partial charge is 0 e. The maximum absolute atomic E-state index is 12.7. The van der Waals surface area contributed by atoms with E-state index in [-0.39, 0.29) is 178 Å². The van der Waals surface area contributed by atoms with Crippen molar-refractivity contribution in [2.75, 3.05) is 18.0 Å². The fourth-order valence-corrected chi connectivity index (χ4v) is 6.70. The Morgan fingerprint density at radius 3 is 1.27 bits per heavy atom. The monoisotopic (exact) mass is 1880 g/mol. The number of unbranched alkanes of at least 4 members (excludes halogenated alkanes) is 2. The molecule has 33 heteroatoms. The Morgan fingerprint density at radius 1 is 0.573 bits per heavy atom. The first-order valence-corrected chi connectivity index (χ1v) is 42.2. The maximum Gasteiger partial charge on any atom is 0 e. The van der Waals surface area contributed by atoms with Crippen molar-refractivity contribution < 1.29 is 90.4 Å². The number of ether oxygens (including phenoxy) is 3. The molecule has 0 saturated carbocycles. The van der Waals surface area contributed by atoms with Crippen LogP contribution in [0.25, 0.3) is 0 Å². The number of rotatable bonds is 30. The van der Waals surface area contributed by atoms with E-state index in [1.165, 1.54) is 41.5 Å². The van der Waals surface area contributed by atoms with E-state index in [1.54, 1.807) is 64.8 Å². The Bertz CT molecular complexity index is 2270. The number of aromatic nitrogens is 2. The molecule has 0 bridgehead atoms. The quantitative estimate of drug-likeness (QED) is 0.0139. The number of urea groups is 2. The Balaban J connectivity index is -0.000000129. The van der Waals surface area contributed by atoms with Gasteiger partial charge in [-0.15, -0.1) is 0 Å². The number of hydrogen-bond acceptors (Lipinski definition) is 16. The second kappa shape index (κ2) is 64.3. The Labute approximate surface area is 628 Å². The third-order valence-electron chi connectivity index (χ3n) is 10.6. The van der Waals surface area contributed by atoms with Gasteiger partial charge in [0.15, 0.2) is 17.3 Å². The summed E-state index contributed by atoms with van der Waals surface area (Å²) in [6.07, 6.45) is 9.24. The number of imidazole rings is 1. The number of nitrogens with one attached hydrogen (secondary N) is 5. The van der Waals surface area contributed by atoms with Gasteiger partial charge in [-0.05, 0) is 158 Å². The molecule has 0 saturated heterocycles. The van der Waals surface area contributed by atoms with Gasteiger partial charge in [0.2, 0.25) is 0 Å². The summed E-state index contributed by atoms with van der Waals surface area (Å²) < 4.78 is 17.7. The second-order valence-corrected chi connectivity index (χ2v) is 55.9. The van der Waals surface area contributed by atoms with Crippen LogP contribution in [-0.4, -0.2) is 128 Å². The van der Waals surface area contributed by atoms with Crippen molar-refractivity contribution in [3.63, 3.8) is 0 Å². The third kappa shape index (κ3) is 66.8. The number of ketones is 6. The fourth-order valence-electron chi connectivity index (χ4n) is 6.70. The molecule has 1 heterocycles. The van der Waals surface area contributed by atoms with Gasteiger partial charge in [-0.2, -0.15) is 67.5 Å². The largest absolute Gasteiger partial charge is 0 e. The van der Waals surface area contributed by atoms with Crippen LogP contribution in [0.5, 0.6) is 0 Å². The summed E-state index contributed by atoms with van der Waals surface area (Å²) >= 11 is 9.54. The van der Waals surface area contributed by atoms with E-state index in [2.05, 4.69) is 114 Å². The molecule has 0 unspecified atom stereocenters. The van der Waals surface area contributed by atoms with Crippen molar-refractivity contribution in [1.82, 2.24) is 36.1 Å². The predicted octanol–water partition coefficient (Wildman–Crippen LogP) is 11.2. The van der Waals surface area contributed by atoms with E-state index >= 15 is 0 Å². The van der Waals surface area contributed by atoms with Gasteiger partial charge in [0.1, 0.15) is 47.2 Å². The van der Waals surface area contributed by atoms with E-state index in [1.807, 2.05) is 35.3 Å². The van der Waals surface area contributed by atoms with Crippen LogP contribution in [0.3, 0.4) is 0 Å². The number of halogens is 4. The van der Waals surface area contributed by atoms with Crippen molar-refractivity contribution in [2.24, 2.45) is 5.73 Å². The molecule has 1 aromatic heterocycles. The molecule has 1 aromatic carbocycles. The van der Waals surface area contributed by atoms with E-state index < -0.39 is 65.5 Å². The number of esters is 2. The van der Waals surface area contributed by atoms with Gasteiger partial charge in [-0.3, -0.25) is 14.4 Å². The average molecular weight is 1880 g/mol. The first-order chi connectivity index (χ1) is 38.2. The summed E-state index contributed by atoms with van der Waals surface area (Å²) in [7, 11) is 0. The first kappa shape index (κ1) is 109. The molecule has 0 aliphatic carbocycles. The zero-order valence-corrected chi connectivity index (χ0v) is 69.1. The zero-order valence-electron chi connectivity index (χ0n) is 52.7. The summed E-state index contributed by atoms with van der Waals surface area (Å²) in [6, 6.07) is 4.33. The van der Waals surface area contributed by atoms with Crippen LogP contribution in [0.2, 0.25) is 0 Å². The minimum Gasteiger partial charge on any atom is 0 e. The third-order valence-corrected chi connectivity index (χ3v) is 10.6. The first-order valence-electron chi connectivity index (χ1n) is 26.5. The van der Waals surface area contributed by atoms with E-state index in [0.717, 1.165) is 12.0 Å². The van der Waals surface area contributed by atoms with Crippen LogP contribution in [-0.2, 0) is 82.7 Å². The predicted molar refractivity (Wildman–Crippen MR) is 405 cm³/mol. The summed E-state index contributed by atoms with van der Waals surface area (Å²) in [5.74, 6) is -1.66. The van der Waals surface area contributed by atoms with Gasteiger partial charge >= 0.3 is 95.0 Å². The summed E-state index contributed by atoms with van der Waals surface area (Å²) in [4.78, 5) is 135. The van der Waals surface area contributed by atoms with Gasteiger partial charge in [0.05, 0.1) is 24.5 Å². The Kier molecular flexibility index (Phi) is 79.1. The molecule has 0 aliphatic rings. The standard InChI is InChI=1S/C26H39N3O7.C18H33N3O5.C10H14N2O2.CH3I.CH4.3HI.5H2S.2V/c1-18(30)14-15-21(19(2)31)28-24(33)29-22(23(32)36-26(3,4)5)13-9-10-16-27-25(34)35-17-20-11-7-6-8-12-20;1-12(22)9-10-14(13(2)23)20-17(25)21-15(8-6-7-11-19)16(24)26-18(3,4)5;1-8(13)3-4-10(9(2)14)12-6-5-11-7-12;1-2;;;;;;;;;;;/h6-8,11-12,21-22H,9-10,13-17H2,1-5H3,(H,27,34)(H2,28,29,33);14-15H,6-11,19H2,1-5H3,(H2,20,21,25);5-7,10H,3-4H2,1-2H3;1H3;1H4;3*1H;5*1H2;;/q;;;;;;;;;;;;;;+3/p-3/t21-,22-;14-,15-;10-;;;;;;;;;;;;/m000............/s1. The van der Waals surface area contributed by atoms with Gasteiger partial charge in [-0.25, -0.2) is 29.0 Å². The molecule has 0 spiro atoms. The topological polar surface area (TPSA) is 319 Å². The molecular weight excluding hydrogens is 1780 g/mol. The number of carbonyl (C=O) groups is 11. The molecule has 2 aromatic rings. The van der Waals surface area contributed by atoms with Crippen LogP contribution in [0.15, 0.2) is 49.1 Å². The maximum atomic E-state index is 12.7. The van der Waals surface area contributed by atoms with Crippen LogP contribution in [0, 0.1) is 0 Å². The number of nitrogens with two attached hydrogens (primary N) is 1. The zero-order chi connectivity index (χ0) is 63.6. The van der Waals surface area contributed by atoms with Gasteiger partial charge in [-0.1, -0.05) is 60.3 Å². The number of nitrogens with zero attached hydrogens (tertiary/aromatic N) is 2. The van der Waals surface area contributed by atoms with Crippen LogP contribution < -0.4 is 32.3 Å². The van der Waals surface area contributed by atoms with E-state index in [0.29, 0.717) is 51.6 Å². The average Bonchev–Trinajstić information content (AvgIpc) is 4.13. The number of carbonyl (C=O) groups excluding carboxylic acids is 11. The molecule has 89 heavy (non-hydrogen) atoms. The number of alkyl halides is 1. The number of amides is 5. The van der Waals surface area contributed by atoms with Gasteiger partial charge in [0, 0.05) is 56.8 Å². The molecular formula is C56H103I4N8O14S5V2. The molecule has 5 atom stereocenters. The summed E-state index contributed by atoms with van der Waals surface area (Å²) in [5.41, 5.74) is 4.93. The van der Waals surface area contributed by atoms with Crippen molar-refractivity contribution in [1.29, 1.82) is 0 Å². The normalized spacial score (nSPS) is 11.4. The number of benzene rings is 1. The number of hydrogen-bond donors (Lipinski definition) is 6. The van der Waals surface area contributed by atoms with Crippen LogP contribution in [0.4, 0.5) is 14.4 Å². The molecule has 5 amide bonds. The van der Waals surface area contributed by atoms with E-state index in [4.69, 9.17) is 19.9 Å². The SMILES string of the molecule is C.CC(=O)CC[C@@H](C(C)=O)n1ccnc1.CC(=O)CC[C@H](NC(=O)N[C@@H](CCCCN)C(=O)OC(C)(C)C)C(C)=O.CC(=O)CC[C@H](NC(=O)N[C@@H](CCCCNC(=O)OCc1ccccc1)C(=O)OC(C)(C)C)C(C)=O.CI.S.S.S.S.S.[I][V]([I])[I].[V]. The van der Waals surface area contributed by atoms with Crippen LogP contribution >= 0.6 is 150 Å². The molecule has 1 radical (unpaired) electrons.